The summed E-state index contributed by atoms with van der Waals surface area (Å²) in [5, 5.41) is 5.48. The molecule has 0 bridgehead atoms. The topological polar surface area (TPSA) is 114 Å². The Morgan fingerprint density at radius 2 is 1.68 bits per heavy atom. The van der Waals surface area contributed by atoms with Crippen LogP contribution < -0.4 is 19.6 Å². The fourth-order valence-electron chi connectivity index (χ4n) is 3.13. The normalized spacial score (nSPS) is 12.1. The SMILES string of the molecule is CC[C@@H](C)N(Cc1ccc(OC)c(OS(=O)(=O)c2ccc(NC(C)=O)cc2)c1)C(=O)NC(C)C. The molecule has 2 aromatic carbocycles. The molecule has 9 nitrogen and oxygen atoms in total. The maximum atomic E-state index is 12.9. The molecule has 0 unspecified atom stereocenters. The minimum atomic E-state index is -4.18. The predicted octanol–water partition coefficient (Wildman–Crippen LogP) is 4.14. The van der Waals surface area contributed by atoms with Gasteiger partial charge in [0.15, 0.2) is 11.5 Å². The molecular weight excluding hydrogens is 458 g/mol. The van der Waals surface area contributed by atoms with E-state index in [4.69, 9.17) is 8.92 Å². The van der Waals surface area contributed by atoms with Gasteiger partial charge in [-0.05, 0) is 69.2 Å². The van der Waals surface area contributed by atoms with Gasteiger partial charge in [-0.15, -0.1) is 0 Å². The van der Waals surface area contributed by atoms with Crippen molar-refractivity contribution in [3.63, 3.8) is 0 Å². The predicted molar refractivity (Wildman–Crippen MR) is 131 cm³/mol. The Hall–Kier alpha value is -3.27. The van der Waals surface area contributed by atoms with Crippen LogP contribution in [0.1, 0.15) is 46.6 Å². The Balaban J connectivity index is 2.31. The van der Waals surface area contributed by atoms with E-state index >= 15 is 0 Å². The van der Waals surface area contributed by atoms with Crippen molar-refractivity contribution in [2.45, 2.75) is 64.6 Å². The molecule has 0 fully saturated rings. The highest BCUT2D eigenvalue weighted by Gasteiger charge is 2.23. The summed E-state index contributed by atoms with van der Waals surface area (Å²) in [5.74, 6) is -0.00913. The largest absolute Gasteiger partial charge is 0.493 e. The smallest absolute Gasteiger partial charge is 0.339 e. The quantitative estimate of drug-likeness (QED) is 0.483. The van der Waals surface area contributed by atoms with Crippen molar-refractivity contribution in [2.24, 2.45) is 0 Å². The van der Waals surface area contributed by atoms with Gasteiger partial charge >= 0.3 is 16.1 Å². The van der Waals surface area contributed by atoms with Crippen molar-refractivity contribution in [2.75, 3.05) is 12.4 Å². The molecule has 0 saturated carbocycles. The van der Waals surface area contributed by atoms with Gasteiger partial charge in [-0.1, -0.05) is 13.0 Å². The number of rotatable bonds is 10. The van der Waals surface area contributed by atoms with Gasteiger partial charge in [0.25, 0.3) is 0 Å². The van der Waals surface area contributed by atoms with Crippen molar-refractivity contribution in [3.05, 3.63) is 48.0 Å². The summed E-state index contributed by atoms with van der Waals surface area (Å²) in [4.78, 5) is 25.5. The second-order valence-corrected chi connectivity index (χ2v) is 9.76. The van der Waals surface area contributed by atoms with Crippen molar-refractivity contribution in [3.8, 4) is 11.5 Å². The molecule has 2 rings (SSSR count). The summed E-state index contributed by atoms with van der Waals surface area (Å²) >= 11 is 0. The number of nitrogens with zero attached hydrogens (tertiary/aromatic N) is 1. The van der Waals surface area contributed by atoms with E-state index in [2.05, 4.69) is 10.6 Å². The van der Waals surface area contributed by atoms with Gasteiger partial charge in [0.05, 0.1) is 7.11 Å². The van der Waals surface area contributed by atoms with E-state index in [1.165, 1.54) is 38.3 Å². The maximum absolute atomic E-state index is 12.9. The van der Waals surface area contributed by atoms with Crippen LogP contribution in [0, 0.1) is 0 Å². The molecule has 0 saturated heterocycles. The minimum Gasteiger partial charge on any atom is -0.493 e. The van der Waals surface area contributed by atoms with E-state index in [9.17, 15) is 18.0 Å². The number of urea groups is 1. The monoisotopic (exact) mass is 491 g/mol. The summed E-state index contributed by atoms with van der Waals surface area (Å²) in [6, 6.07) is 10.3. The third-order valence-corrected chi connectivity index (χ3v) is 6.29. The molecule has 0 aromatic heterocycles. The van der Waals surface area contributed by atoms with Crippen LogP contribution in [0.3, 0.4) is 0 Å². The molecule has 186 valence electrons. The number of benzene rings is 2. The third kappa shape index (κ3) is 7.38. The van der Waals surface area contributed by atoms with Gasteiger partial charge in [0, 0.05) is 31.2 Å². The Morgan fingerprint density at radius 1 is 1.03 bits per heavy atom. The highest BCUT2D eigenvalue weighted by atomic mass is 32.2. The lowest BCUT2D eigenvalue weighted by Gasteiger charge is -2.30. The molecule has 3 amide bonds. The van der Waals surface area contributed by atoms with Gasteiger partial charge in [-0.25, -0.2) is 4.79 Å². The lowest BCUT2D eigenvalue weighted by atomic mass is 10.1. The fraction of sp³-hybridized carbons (Fsp3) is 0.417. The van der Waals surface area contributed by atoms with E-state index in [0.29, 0.717) is 11.3 Å². The zero-order valence-electron chi connectivity index (χ0n) is 20.4. The molecule has 0 heterocycles. The summed E-state index contributed by atoms with van der Waals surface area (Å²) in [5.41, 5.74) is 1.15. The number of hydrogen-bond acceptors (Lipinski definition) is 6. The van der Waals surface area contributed by atoms with E-state index in [0.717, 1.165) is 6.42 Å². The molecule has 2 N–H and O–H groups in total. The average Bonchev–Trinajstić information content (AvgIpc) is 2.76. The van der Waals surface area contributed by atoms with Crippen molar-refractivity contribution >= 4 is 27.7 Å². The number of nitrogens with one attached hydrogen (secondary N) is 2. The Labute approximate surface area is 201 Å². The summed E-state index contributed by atoms with van der Waals surface area (Å²) in [7, 11) is -2.76. The van der Waals surface area contributed by atoms with Crippen molar-refractivity contribution in [1.82, 2.24) is 10.2 Å². The molecule has 10 heteroatoms. The number of methoxy groups -OCH3 is 1. The lowest BCUT2D eigenvalue weighted by molar-refractivity contribution is -0.114. The van der Waals surface area contributed by atoms with Crippen LogP contribution in [-0.2, 0) is 21.5 Å². The van der Waals surface area contributed by atoms with Gasteiger partial charge in [0.2, 0.25) is 5.91 Å². The van der Waals surface area contributed by atoms with Gasteiger partial charge in [0.1, 0.15) is 4.90 Å². The zero-order valence-corrected chi connectivity index (χ0v) is 21.2. The van der Waals surface area contributed by atoms with Gasteiger partial charge in [-0.3, -0.25) is 4.79 Å². The first kappa shape index (κ1) is 27.0. The van der Waals surface area contributed by atoms with Crippen LogP contribution in [0.2, 0.25) is 0 Å². The van der Waals surface area contributed by atoms with Crippen LogP contribution >= 0.6 is 0 Å². The van der Waals surface area contributed by atoms with E-state index in [1.54, 1.807) is 23.1 Å². The van der Waals surface area contributed by atoms with Crippen molar-refractivity contribution < 1.29 is 26.9 Å². The van der Waals surface area contributed by atoms with Gasteiger partial charge in [-0.2, -0.15) is 8.42 Å². The molecule has 0 aliphatic heterocycles. The van der Waals surface area contributed by atoms with Gasteiger partial charge < -0.3 is 24.5 Å². The summed E-state index contributed by atoms with van der Waals surface area (Å²) in [6.07, 6.45) is 0.758. The second kappa shape index (κ2) is 11.7. The molecule has 0 radical (unpaired) electrons. The first-order chi connectivity index (χ1) is 16.0. The molecule has 1 atom stereocenters. The van der Waals surface area contributed by atoms with Crippen LogP contribution in [-0.4, -0.2) is 44.4 Å². The third-order valence-electron chi connectivity index (χ3n) is 5.04. The lowest BCUT2D eigenvalue weighted by Crippen LogP contribution is -2.46. The minimum absolute atomic E-state index is 0.0132. The van der Waals surface area contributed by atoms with Crippen LogP contribution in [0.5, 0.6) is 11.5 Å². The number of anilines is 1. The first-order valence-electron chi connectivity index (χ1n) is 11.0. The Morgan fingerprint density at radius 3 is 2.21 bits per heavy atom. The second-order valence-electron chi connectivity index (χ2n) is 8.22. The summed E-state index contributed by atoms with van der Waals surface area (Å²) in [6.45, 7) is 9.35. The average molecular weight is 492 g/mol. The van der Waals surface area contributed by atoms with E-state index < -0.39 is 10.1 Å². The van der Waals surface area contributed by atoms with Crippen molar-refractivity contribution in [1.29, 1.82) is 0 Å². The molecular formula is C24H33N3O6S. The molecule has 2 aromatic rings. The maximum Gasteiger partial charge on any atom is 0.339 e. The molecule has 0 spiro atoms. The number of ether oxygens (including phenoxy) is 1. The number of amides is 3. The Kier molecular flexibility index (Phi) is 9.31. The summed E-state index contributed by atoms with van der Waals surface area (Å²) < 4.78 is 36.5. The zero-order chi connectivity index (χ0) is 25.5. The van der Waals surface area contributed by atoms with Crippen LogP contribution in [0.4, 0.5) is 10.5 Å². The molecule has 0 aliphatic rings. The highest BCUT2D eigenvalue weighted by Crippen LogP contribution is 2.32. The van der Waals surface area contributed by atoms with E-state index in [1.807, 2.05) is 27.7 Å². The Bertz CT molecular complexity index is 1100. The highest BCUT2D eigenvalue weighted by molar-refractivity contribution is 7.87. The fourth-order valence-corrected chi connectivity index (χ4v) is 4.07. The number of carbonyl (C=O) groups excluding carboxylic acids is 2. The number of carbonyl (C=O) groups is 2. The van der Waals surface area contributed by atoms with Crippen LogP contribution in [0.25, 0.3) is 0 Å². The molecule has 0 aliphatic carbocycles. The standard InChI is InChI=1S/C24H33N3O6S/c1-7-17(4)27(24(29)25-16(2)3)15-19-8-13-22(32-6)23(14-19)33-34(30,31)21-11-9-20(10-12-21)26-18(5)28/h8-14,16-17H,7,15H2,1-6H3,(H,25,29)(H,26,28)/t17-/m1/s1. The molecule has 34 heavy (non-hydrogen) atoms. The van der Waals surface area contributed by atoms with Crippen LogP contribution in [0.15, 0.2) is 47.4 Å². The first-order valence-corrected chi connectivity index (χ1v) is 12.4. The number of hydrogen-bond donors (Lipinski definition) is 2. The van der Waals surface area contributed by atoms with E-state index in [-0.39, 0.29) is 47.0 Å².